The second-order valence-corrected chi connectivity index (χ2v) is 11.3. The SMILES string of the molecule is CC(c1nc2ccccc2[nH]1)N(Cc1ccc(C(=O)NCC(NC(=O)OCc2ccccc2)C(=O)O)cc1)C(=O)CCc1ccccc1. The summed E-state index contributed by atoms with van der Waals surface area (Å²) in [4.78, 5) is 60.3. The molecule has 0 spiro atoms. The van der Waals surface area contributed by atoms with Crippen LogP contribution in [0.25, 0.3) is 11.0 Å². The molecule has 0 saturated carbocycles. The smallest absolute Gasteiger partial charge is 0.408 e. The minimum absolute atomic E-state index is 0.0230. The van der Waals surface area contributed by atoms with Crippen molar-refractivity contribution in [1.29, 1.82) is 0 Å². The van der Waals surface area contributed by atoms with Gasteiger partial charge in [-0.2, -0.15) is 0 Å². The lowest BCUT2D eigenvalue weighted by molar-refractivity contribution is -0.139. The van der Waals surface area contributed by atoms with Crippen LogP contribution in [0.4, 0.5) is 4.79 Å². The van der Waals surface area contributed by atoms with Crippen molar-refractivity contribution in [2.24, 2.45) is 0 Å². The maximum atomic E-state index is 13.7. The Labute approximate surface area is 278 Å². The molecular formula is C37H37N5O6. The van der Waals surface area contributed by atoms with Crippen LogP contribution < -0.4 is 10.6 Å². The first kappa shape index (κ1) is 33.4. The van der Waals surface area contributed by atoms with Crippen LogP contribution in [0.5, 0.6) is 0 Å². The standard InChI is InChI=1S/C37H37N5O6/c1-25(34-39-30-14-8-9-15-31(30)40-34)42(33(43)21-18-26-10-4-2-5-11-26)23-27-16-19-29(20-17-27)35(44)38-22-32(36(45)46)41-37(47)48-24-28-12-6-3-7-13-28/h2-17,19-20,25,32H,18,21-24H2,1H3,(H,38,44)(H,39,40)(H,41,47)(H,45,46). The first-order valence-corrected chi connectivity index (χ1v) is 15.6. The normalized spacial score (nSPS) is 12.1. The van der Waals surface area contributed by atoms with E-state index in [-0.39, 0.29) is 31.6 Å². The van der Waals surface area contributed by atoms with E-state index in [1.54, 1.807) is 53.4 Å². The number of hydrogen-bond donors (Lipinski definition) is 4. The minimum atomic E-state index is -1.40. The van der Waals surface area contributed by atoms with Gasteiger partial charge in [-0.1, -0.05) is 84.9 Å². The van der Waals surface area contributed by atoms with E-state index in [2.05, 4.69) is 15.6 Å². The average molecular weight is 648 g/mol. The molecular weight excluding hydrogens is 610 g/mol. The molecule has 1 heterocycles. The van der Waals surface area contributed by atoms with Gasteiger partial charge in [0.15, 0.2) is 0 Å². The van der Waals surface area contributed by atoms with E-state index >= 15 is 0 Å². The number of nitrogens with one attached hydrogen (secondary N) is 3. The van der Waals surface area contributed by atoms with Crippen LogP contribution in [0.2, 0.25) is 0 Å². The molecule has 0 fully saturated rings. The minimum Gasteiger partial charge on any atom is -0.480 e. The highest BCUT2D eigenvalue weighted by Crippen LogP contribution is 2.24. The van der Waals surface area contributed by atoms with Crippen LogP contribution in [0.1, 0.15) is 52.3 Å². The highest BCUT2D eigenvalue weighted by atomic mass is 16.5. The Balaban J connectivity index is 1.21. The maximum Gasteiger partial charge on any atom is 0.408 e. The van der Waals surface area contributed by atoms with Crippen molar-refractivity contribution in [3.05, 3.63) is 137 Å². The summed E-state index contributed by atoms with van der Waals surface area (Å²) in [7, 11) is 0. The Morgan fingerprint density at radius 2 is 1.48 bits per heavy atom. The summed E-state index contributed by atoms with van der Waals surface area (Å²) in [5.41, 5.74) is 4.61. The fourth-order valence-electron chi connectivity index (χ4n) is 5.16. The number of aromatic nitrogens is 2. The summed E-state index contributed by atoms with van der Waals surface area (Å²) in [5, 5.41) is 14.4. The van der Waals surface area contributed by atoms with Crippen molar-refractivity contribution in [3.8, 4) is 0 Å². The molecule has 3 amide bonds. The number of carboxylic acids is 1. The van der Waals surface area contributed by atoms with Gasteiger partial charge < -0.3 is 30.4 Å². The molecule has 2 unspecified atom stereocenters. The molecule has 0 aliphatic heterocycles. The molecule has 11 heteroatoms. The molecule has 0 radical (unpaired) electrons. The number of carbonyl (C=O) groups excluding carboxylic acids is 3. The number of alkyl carbamates (subject to hydrolysis) is 1. The molecule has 0 saturated heterocycles. The number of para-hydroxylation sites is 2. The molecule has 0 bridgehead atoms. The number of aromatic amines is 1. The van der Waals surface area contributed by atoms with Gasteiger partial charge in [0, 0.05) is 25.1 Å². The number of imidazole rings is 1. The number of aliphatic carboxylic acids is 1. The van der Waals surface area contributed by atoms with Crippen molar-refractivity contribution in [2.45, 2.75) is 45.0 Å². The molecule has 0 aliphatic carbocycles. The topological polar surface area (TPSA) is 154 Å². The van der Waals surface area contributed by atoms with E-state index in [4.69, 9.17) is 9.72 Å². The van der Waals surface area contributed by atoms with Gasteiger partial charge >= 0.3 is 12.1 Å². The number of ether oxygens (including phenoxy) is 1. The molecule has 246 valence electrons. The van der Waals surface area contributed by atoms with Crippen LogP contribution in [-0.2, 0) is 33.9 Å². The van der Waals surface area contributed by atoms with E-state index in [1.165, 1.54) is 0 Å². The summed E-state index contributed by atoms with van der Waals surface area (Å²) >= 11 is 0. The third-order valence-electron chi connectivity index (χ3n) is 7.90. The van der Waals surface area contributed by atoms with E-state index in [1.807, 2.05) is 67.6 Å². The number of carboxylic acid groups (broad SMARTS) is 1. The predicted octanol–water partition coefficient (Wildman–Crippen LogP) is 5.39. The van der Waals surface area contributed by atoms with Crippen molar-refractivity contribution in [2.75, 3.05) is 6.54 Å². The third kappa shape index (κ3) is 9.06. The lowest BCUT2D eigenvalue weighted by Gasteiger charge is -2.28. The average Bonchev–Trinajstić information content (AvgIpc) is 3.56. The molecule has 1 aromatic heterocycles. The van der Waals surface area contributed by atoms with Gasteiger partial charge in [0.2, 0.25) is 5.91 Å². The van der Waals surface area contributed by atoms with Gasteiger partial charge in [-0.25, -0.2) is 14.6 Å². The Morgan fingerprint density at radius 3 is 2.15 bits per heavy atom. The van der Waals surface area contributed by atoms with Gasteiger partial charge in [-0.3, -0.25) is 9.59 Å². The fraction of sp³-hybridized carbons (Fsp3) is 0.216. The number of carbonyl (C=O) groups is 4. The molecule has 5 aromatic rings. The van der Waals surface area contributed by atoms with E-state index in [0.717, 1.165) is 27.7 Å². The van der Waals surface area contributed by atoms with E-state index < -0.39 is 24.0 Å². The summed E-state index contributed by atoms with van der Waals surface area (Å²) < 4.78 is 5.10. The highest BCUT2D eigenvalue weighted by Gasteiger charge is 2.25. The van der Waals surface area contributed by atoms with Crippen molar-refractivity contribution in [1.82, 2.24) is 25.5 Å². The molecule has 2 atom stereocenters. The lowest BCUT2D eigenvalue weighted by atomic mass is 10.1. The van der Waals surface area contributed by atoms with Crippen molar-refractivity contribution >= 4 is 34.9 Å². The predicted molar refractivity (Wildman–Crippen MR) is 180 cm³/mol. The monoisotopic (exact) mass is 647 g/mol. The summed E-state index contributed by atoms with van der Waals surface area (Å²) in [6, 6.07) is 31.5. The molecule has 0 aliphatic rings. The Morgan fingerprint density at radius 1 is 0.833 bits per heavy atom. The molecule has 4 aromatic carbocycles. The molecule has 4 N–H and O–H groups in total. The van der Waals surface area contributed by atoms with Crippen LogP contribution >= 0.6 is 0 Å². The second-order valence-electron chi connectivity index (χ2n) is 11.3. The second kappa shape index (κ2) is 16.0. The van der Waals surface area contributed by atoms with Crippen LogP contribution in [-0.4, -0.2) is 56.4 Å². The van der Waals surface area contributed by atoms with Gasteiger partial charge in [-0.05, 0) is 54.3 Å². The Bertz CT molecular complexity index is 1810. The maximum absolute atomic E-state index is 13.7. The van der Waals surface area contributed by atoms with Gasteiger partial charge in [0.1, 0.15) is 18.5 Å². The first-order chi connectivity index (χ1) is 23.3. The van der Waals surface area contributed by atoms with Crippen LogP contribution in [0.15, 0.2) is 109 Å². The number of hydrogen-bond acceptors (Lipinski definition) is 6. The molecule has 48 heavy (non-hydrogen) atoms. The number of amides is 3. The first-order valence-electron chi connectivity index (χ1n) is 15.6. The third-order valence-corrected chi connectivity index (χ3v) is 7.90. The van der Waals surface area contributed by atoms with Gasteiger partial charge in [0.25, 0.3) is 5.91 Å². The fourth-order valence-corrected chi connectivity index (χ4v) is 5.16. The number of rotatable bonds is 14. The Kier molecular flexibility index (Phi) is 11.2. The Hall–Kier alpha value is -5.97. The number of nitrogens with zero attached hydrogens (tertiary/aromatic N) is 2. The van der Waals surface area contributed by atoms with Crippen LogP contribution in [0.3, 0.4) is 0 Å². The quantitative estimate of drug-likeness (QED) is 0.126. The highest BCUT2D eigenvalue weighted by molar-refractivity contribution is 5.94. The van der Waals surface area contributed by atoms with Gasteiger partial charge in [-0.15, -0.1) is 0 Å². The largest absolute Gasteiger partial charge is 0.480 e. The van der Waals surface area contributed by atoms with Crippen LogP contribution in [0, 0.1) is 0 Å². The van der Waals surface area contributed by atoms with E-state index in [0.29, 0.717) is 24.2 Å². The summed E-state index contributed by atoms with van der Waals surface area (Å²) in [6.07, 6.45) is -0.00296. The summed E-state index contributed by atoms with van der Waals surface area (Å²) in [5.74, 6) is -1.20. The zero-order chi connectivity index (χ0) is 33.9. The molecule has 5 rings (SSSR count). The number of aryl methyl sites for hydroxylation is 1. The molecule has 11 nitrogen and oxygen atoms in total. The number of H-pyrrole nitrogens is 1. The lowest BCUT2D eigenvalue weighted by Crippen LogP contribution is -2.48. The summed E-state index contributed by atoms with van der Waals surface area (Å²) in [6.45, 7) is 1.84. The van der Waals surface area contributed by atoms with Crippen molar-refractivity contribution < 1.29 is 29.0 Å². The van der Waals surface area contributed by atoms with Crippen molar-refractivity contribution in [3.63, 3.8) is 0 Å². The number of fused-ring (bicyclic) bond motifs is 1. The number of benzene rings is 4. The van der Waals surface area contributed by atoms with E-state index in [9.17, 15) is 24.3 Å². The zero-order valence-electron chi connectivity index (χ0n) is 26.5. The van der Waals surface area contributed by atoms with Gasteiger partial charge in [0.05, 0.1) is 17.1 Å². The zero-order valence-corrected chi connectivity index (χ0v) is 26.5.